The highest BCUT2D eigenvalue weighted by atomic mass is 16.6. The number of nitro groups is 1. The van der Waals surface area contributed by atoms with Crippen molar-refractivity contribution < 1.29 is 4.92 Å². The van der Waals surface area contributed by atoms with Crippen LogP contribution in [0.5, 0.6) is 0 Å². The lowest BCUT2D eigenvalue weighted by atomic mass is 9.99. The van der Waals surface area contributed by atoms with Crippen LogP contribution >= 0.6 is 0 Å². The highest BCUT2D eigenvalue weighted by molar-refractivity contribution is 5.20. The number of aromatic amines is 1. The van der Waals surface area contributed by atoms with Gasteiger partial charge in [-0.3, -0.25) is 24.5 Å². The third kappa shape index (κ3) is 4.04. The average molecular weight is 269 g/mol. The zero-order chi connectivity index (χ0) is 14.4. The number of rotatable bonds is 7. The van der Waals surface area contributed by atoms with E-state index in [4.69, 9.17) is 0 Å². The van der Waals surface area contributed by atoms with Gasteiger partial charge in [-0.1, -0.05) is 33.1 Å². The smallest absolute Gasteiger partial charge is 0.293 e. The largest absolute Gasteiger partial charge is 0.350 e. The van der Waals surface area contributed by atoms with E-state index in [1.54, 1.807) is 0 Å². The Hall–Kier alpha value is -1.92. The maximum absolute atomic E-state index is 11.6. The van der Waals surface area contributed by atoms with E-state index in [0.29, 0.717) is 6.54 Å². The van der Waals surface area contributed by atoms with Gasteiger partial charge in [0.05, 0.1) is 11.1 Å². The number of aromatic nitrogens is 2. The maximum Gasteiger partial charge on any atom is 0.350 e. The van der Waals surface area contributed by atoms with Gasteiger partial charge in [0.2, 0.25) is 0 Å². The summed E-state index contributed by atoms with van der Waals surface area (Å²) >= 11 is 0. The minimum Gasteiger partial charge on any atom is -0.293 e. The predicted molar refractivity (Wildman–Crippen MR) is 71.3 cm³/mol. The summed E-state index contributed by atoms with van der Waals surface area (Å²) in [6.45, 7) is 4.50. The molecule has 0 saturated heterocycles. The summed E-state index contributed by atoms with van der Waals surface area (Å²) in [6, 6.07) is 0. The van der Waals surface area contributed by atoms with Crippen LogP contribution in [-0.4, -0.2) is 14.5 Å². The fourth-order valence-corrected chi connectivity index (χ4v) is 1.96. The SMILES string of the molecule is CCCCC(CC)Cn1cc([N+](=O)[O-])c(=O)[nH]c1=O. The Labute approximate surface area is 110 Å². The van der Waals surface area contributed by atoms with Gasteiger partial charge in [-0.2, -0.15) is 0 Å². The normalized spacial score (nSPS) is 12.3. The third-order valence-corrected chi connectivity index (χ3v) is 3.19. The van der Waals surface area contributed by atoms with E-state index in [0.717, 1.165) is 31.9 Å². The van der Waals surface area contributed by atoms with E-state index >= 15 is 0 Å². The summed E-state index contributed by atoms with van der Waals surface area (Å²) in [5.74, 6) is 0.281. The first-order valence-corrected chi connectivity index (χ1v) is 6.47. The molecule has 1 aromatic rings. The molecular weight excluding hydrogens is 250 g/mol. The maximum atomic E-state index is 11.6. The second-order valence-corrected chi connectivity index (χ2v) is 4.60. The van der Waals surface area contributed by atoms with Crippen molar-refractivity contribution in [3.8, 4) is 0 Å². The topological polar surface area (TPSA) is 98.0 Å². The van der Waals surface area contributed by atoms with Gasteiger partial charge in [-0.25, -0.2) is 4.79 Å². The Kier molecular flexibility index (Phi) is 5.47. The van der Waals surface area contributed by atoms with Gasteiger partial charge in [0.25, 0.3) is 0 Å². The van der Waals surface area contributed by atoms with Gasteiger partial charge in [0.1, 0.15) is 0 Å². The van der Waals surface area contributed by atoms with Crippen LogP contribution in [0, 0.1) is 16.0 Å². The molecule has 0 aliphatic carbocycles. The van der Waals surface area contributed by atoms with Crippen LogP contribution in [-0.2, 0) is 6.54 Å². The van der Waals surface area contributed by atoms with Crippen molar-refractivity contribution in [3.63, 3.8) is 0 Å². The van der Waals surface area contributed by atoms with Crippen LogP contribution in [0.1, 0.15) is 39.5 Å². The van der Waals surface area contributed by atoms with E-state index in [2.05, 4.69) is 6.92 Å². The number of nitrogens with zero attached hydrogens (tertiary/aromatic N) is 2. The fourth-order valence-electron chi connectivity index (χ4n) is 1.96. The number of hydrogen-bond acceptors (Lipinski definition) is 4. The van der Waals surface area contributed by atoms with Crippen molar-refractivity contribution in [2.24, 2.45) is 5.92 Å². The van der Waals surface area contributed by atoms with Crippen molar-refractivity contribution in [3.05, 3.63) is 37.1 Å². The number of H-pyrrole nitrogens is 1. The van der Waals surface area contributed by atoms with Crippen LogP contribution in [0.2, 0.25) is 0 Å². The molecule has 1 rings (SSSR count). The molecule has 7 nitrogen and oxygen atoms in total. The molecule has 0 aliphatic rings. The molecule has 0 aromatic carbocycles. The minimum absolute atomic E-state index is 0.281. The number of unbranched alkanes of at least 4 members (excludes halogenated alkanes) is 1. The van der Waals surface area contributed by atoms with Crippen molar-refractivity contribution >= 4 is 5.69 Å². The van der Waals surface area contributed by atoms with Gasteiger partial charge in [0, 0.05) is 6.54 Å². The molecule has 0 radical (unpaired) electrons. The highest BCUT2D eigenvalue weighted by Crippen LogP contribution is 2.14. The van der Waals surface area contributed by atoms with E-state index in [1.165, 1.54) is 4.57 Å². The van der Waals surface area contributed by atoms with Gasteiger partial charge in [-0.05, 0) is 12.3 Å². The van der Waals surface area contributed by atoms with E-state index in [9.17, 15) is 19.7 Å². The molecule has 0 saturated carbocycles. The lowest BCUT2D eigenvalue weighted by Crippen LogP contribution is -2.32. The molecule has 106 valence electrons. The zero-order valence-electron chi connectivity index (χ0n) is 11.2. The lowest BCUT2D eigenvalue weighted by Gasteiger charge is -2.15. The van der Waals surface area contributed by atoms with Crippen LogP contribution < -0.4 is 11.2 Å². The second kappa shape index (κ2) is 6.86. The van der Waals surface area contributed by atoms with E-state index < -0.39 is 21.9 Å². The summed E-state index contributed by atoms with van der Waals surface area (Å²) in [4.78, 5) is 34.8. The number of nitrogens with one attached hydrogen (secondary N) is 1. The molecule has 0 amide bonds. The molecule has 1 atom stereocenters. The van der Waals surface area contributed by atoms with Crippen LogP contribution in [0.25, 0.3) is 0 Å². The second-order valence-electron chi connectivity index (χ2n) is 4.60. The van der Waals surface area contributed by atoms with Crippen LogP contribution in [0.15, 0.2) is 15.8 Å². The molecule has 0 fully saturated rings. The Balaban J connectivity index is 3.00. The Morgan fingerprint density at radius 2 is 2.11 bits per heavy atom. The van der Waals surface area contributed by atoms with Crippen molar-refractivity contribution in [1.82, 2.24) is 9.55 Å². The van der Waals surface area contributed by atoms with Crippen LogP contribution in [0.3, 0.4) is 0 Å². The Bertz CT molecular complexity index is 547. The summed E-state index contributed by atoms with van der Waals surface area (Å²) in [7, 11) is 0. The molecule has 1 aromatic heterocycles. The molecule has 19 heavy (non-hydrogen) atoms. The molecule has 1 N–H and O–H groups in total. The van der Waals surface area contributed by atoms with Gasteiger partial charge >= 0.3 is 16.9 Å². The zero-order valence-corrected chi connectivity index (χ0v) is 11.2. The van der Waals surface area contributed by atoms with Gasteiger partial charge in [-0.15, -0.1) is 0 Å². The molecule has 0 spiro atoms. The van der Waals surface area contributed by atoms with Gasteiger partial charge < -0.3 is 0 Å². The third-order valence-electron chi connectivity index (χ3n) is 3.19. The molecule has 0 aliphatic heterocycles. The molecule has 1 heterocycles. The Morgan fingerprint density at radius 3 is 2.63 bits per heavy atom. The Morgan fingerprint density at radius 1 is 1.42 bits per heavy atom. The van der Waals surface area contributed by atoms with Crippen molar-refractivity contribution in [2.75, 3.05) is 0 Å². The minimum atomic E-state index is -0.951. The highest BCUT2D eigenvalue weighted by Gasteiger charge is 2.16. The van der Waals surface area contributed by atoms with Crippen molar-refractivity contribution in [1.29, 1.82) is 0 Å². The summed E-state index contributed by atoms with van der Waals surface area (Å²) in [5, 5.41) is 10.7. The molecule has 7 heteroatoms. The quantitative estimate of drug-likeness (QED) is 0.601. The lowest BCUT2D eigenvalue weighted by molar-refractivity contribution is -0.386. The van der Waals surface area contributed by atoms with E-state index in [1.807, 2.05) is 11.9 Å². The predicted octanol–water partition coefficient (Wildman–Crippen LogP) is 1.66. The first-order chi connectivity index (χ1) is 8.99. The molecule has 1 unspecified atom stereocenters. The summed E-state index contributed by atoms with van der Waals surface area (Å²) < 4.78 is 1.23. The number of hydrogen-bond donors (Lipinski definition) is 1. The van der Waals surface area contributed by atoms with Crippen LogP contribution in [0.4, 0.5) is 5.69 Å². The average Bonchev–Trinajstić information content (AvgIpc) is 2.36. The summed E-state index contributed by atoms with van der Waals surface area (Å²) in [6.07, 6.45) is 5.01. The van der Waals surface area contributed by atoms with E-state index in [-0.39, 0.29) is 5.92 Å². The first-order valence-electron chi connectivity index (χ1n) is 6.47. The standard InChI is InChI=1S/C12H19N3O4/c1-3-5-6-9(4-2)7-14-8-10(15(18)19)11(16)13-12(14)17/h8-9H,3-7H2,1-2H3,(H,13,16,17). The fraction of sp³-hybridized carbons (Fsp3) is 0.667. The molecular formula is C12H19N3O4. The monoisotopic (exact) mass is 269 g/mol. The molecule has 0 bridgehead atoms. The van der Waals surface area contributed by atoms with Crippen molar-refractivity contribution in [2.45, 2.75) is 46.1 Å². The van der Waals surface area contributed by atoms with Gasteiger partial charge in [0.15, 0.2) is 0 Å². The first kappa shape index (κ1) is 15.1. The summed E-state index contributed by atoms with van der Waals surface area (Å²) in [5.41, 5.74) is -2.14.